The van der Waals surface area contributed by atoms with Crippen molar-refractivity contribution in [1.29, 1.82) is 0 Å². The van der Waals surface area contributed by atoms with Crippen molar-refractivity contribution in [2.75, 3.05) is 13.2 Å². The van der Waals surface area contributed by atoms with Crippen molar-refractivity contribution in [2.45, 2.75) is 19.9 Å². The summed E-state index contributed by atoms with van der Waals surface area (Å²) in [6.07, 6.45) is 0. The number of hydrogen-bond donors (Lipinski definition) is 2. The molecule has 0 heterocycles. The molecule has 0 aliphatic heterocycles. The largest absolute Gasteiger partial charge is 0.484 e. The van der Waals surface area contributed by atoms with Crippen LogP contribution in [0.25, 0.3) is 0 Å². The molecule has 1 atom stereocenters. The van der Waals surface area contributed by atoms with E-state index in [9.17, 15) is 4.79 Å². The van der Waals surface area contributed by atoms with Gasteiger partial charge in [0, 0.05) is 12.6 Å². The van der Waals surface area contributed by atoms with Crippen LogP contribution in [0, 0.1) is 0 Å². The first-order valence-corrected chi connectivity index (χ1v) is 5.38. The fourth-order valence-corrected chi connectivity index (χ4v) is 1.28. The number of nitrogens with two attached hydrogens (primary N) is 1. The lowest BCUT2D eigenvalue weighted by atomic mass is 10.1. The van der Waals surface area contributed by atoms with E-state index in [1.807, 2.05) is 38.1 Å². The summed E-state index contributed by atoms with van der Waals surface area (Å²) in [4.78, 5) is 11.2. The Labute approximate surface area is 95.8 Å². The molecule has 1 aromatic rings. The molecule has 4 nitrogen and oxygen atoms in total. The van der Waals surface area contributed by atoms with Gasteiger partial charge in [0.15, 0.2) is 6.61 Å². The average Bonchev–Trinajstić information content (AvgIpc) is 2.27. The predicted octanol–water partition coefficient (Wildman–Crippen LogP) is 1.22. The van der Waals surface area contributed by atoms with Gasteiger partial charge in [-0.3, -0.25) is 4.79 Å². The zero-order valence-corrected chi connectivity index (χ0v) is 9.69. The lowest BCUT2D eigenvalue weighted by molar-refractivity contribution is -0.122. The van der Waals surface area contributed by atoms with E-state index in [-0.39, 0.29) is 18.6 Å². The second-order valence-corrected chi connectivity index (χ2v) is 3.60. The maximum Gasteiger partial charge on any atom is 0.257 e. The van der Waals surface area contributed by atoms with Crippen LogP contribution in [-0.4, -0.2) is 19.1 Å². The third-order valence-corrected chi connectivity index (χ3v) is 2.13. The van der Waals surface area contributed by atoms with Crippen molar-refractivity contribution >= 4 is 5.91 Å². The Bertz CT molecular complexity index is 351. The third-order valence-electron chi connectivity index (χ3n) is 2.13. The summed E-state index contributed by atoms with van der Waals surface area (Å²) in [6, 6.07) is 7.43. The molecular weight excluding hydrogens is 204 g/mol. The average molecular weight is 222 g/mol. The summed E-state index contributed by atoms with van der Waals surface area (Å²) in [5, 5.41) is 2.66. The maximum atomic E-state index is 11.2. The van der Waals surface area contributed by atoms with Gasteiger partial charge in [-0.2, -0.15) is 0 Å². The minimum Gasteiger partial charge on any atom is -0.484 e. The molecule has 0 saturated carbocycles. The van der Waals surface area contributed by atoms with E-state index in [1.165, 1.54) is 0 Å². The molecule has 0 spiro atoms. The SMILES string of the molecule is CCNC(=O)COc1cccc(C(C)N)c1. The molecule has 1 aromatic carbocycles. The molecule has 4 heteroatoms. The summed E-state index contributed by atoms with van der Waals surface area (Å²) in [5.41, 5.74) is 6.75. The van der Waals surface area contributed by atoms with E-state index in [0.29, 0.717) is 12.3 Å². The van der Waals surface area contributed by atoms with Crippen molar-refractivity contribution in [3.63, 3.8) is 0 Å². The van der Waals surface area contributed by atoms with Gasteiger partial charge in [0.2, 0.25) is 0 Å². The van der Waals surface area contributed by atoms with E-state index >= 15 is 0 Å². The summed E-state index contributed by atoms with van der Waals surface area (Å²) >= 11 is 0. The quantitative estimate of drug-likeness (QED) is 0.787. The molecule has 16 heavy (non-hydrogen) atoms. The van der Waals surface area contributed by atoms with Gasteiger partial charge in [-0.15, -0.1) is 0 Å². The van der Waals surface area contributed by atoms with Gasteiger partial charge < -0.3 is 15.8 Å². The van der Waals surface area contributed by atoms with E-state index in [0.717, 1.165) is 5.56 Å². The second kappa shape index (κ2) is 6.12. The van der Waals surface area contributed by atoms with E-state index < -0.39 is 0 Å². The molecule has 0 saturated heterocycles. The third kappa shape index (κ3) is 3.90. The number of likely N-dealkylation sites (N-methyl/N-ethyl adjacent to an activating group) is 1. The second-order valence-electron chi connectivity index (χ2n) is 3.60. The summed E-state index contributed by atoms with van der Waals surface area (Å²) in [7, 11) is 0. The monoisotopic (exact) mass is 222 g/mol. The first-order chi connectivity index (χ1) is 7.63. The zero-order chi connectivity index (χ0) is 12.0. The molecule has 1 amide bonds. The van der Waals surface area contributed by atoms with Crippen LogP contribution in [0.15, 0.2) is 24.3 Å². The summed E-state index contributed by atoms with van der Waals surface area (Å²) < 4.78 is 5.34. The van der Waals surface area contributed by atoms with E-state index in [2.05, 4.69) is 5.32 Å². The van der Waals surface area contributed by atoms with Crippen LogP contribution in [0.2, 0.25) is 0 Å². The standard InChI is InChI=1S/C12H18N2O2/c1-3-14-12(15)8-16-11-6-4-5-10(7-11)9(2)13/h4-7,9H,3,8,13H2,1-2H3,(H,14,15). The smallest absolute Gasteiger partial charge is 0.257 e. The minimum absolute atomic E-state index is 0.0342. The van der Waals surface area contributed by atoms with Gasteiger partial charge >= 0.3 is 0 Å². The number of amides is 1. The molecule has 0 aliphatic carbocycles. The number of rotatable bonds is 5. The van der Waals surface area contributed by atoms with Crippen molar-refractivity contribution < 1.29 is 9.53 Å². The van der Waals surface area contributed by atoms with Crippen LogP contribution in [0.4, 0.5) is 0 Å². The molecular formula is C12H18N2O2. The van der Waals surface area contributed by atoms with Crippen LogP contribution in [0.1, 0.15) is 25.5 Å². The lowest BCUT2D eigenvalue weighted by Crippen LogP contribution is -2.28. The highest BCUT2D eigenvalue weighted by Gasteiger charge is 2.03. The molecule has 0 aromatic heterocycles. The molecule has 3 N–H and O–H groups in total. The van der Waals surface area contributed by atoms with Crippen LogP contribution < -0.4 is 15.8 Å². The number of hydrogen-bond acceptors (Lipinski definition) is 3. The Morgan fingerprint density at radius 1 is 1.56 bits per heavy atom. The van der Waals surface area contributed by atoms with Gasteiger partial charge in [0.05, 0.1) is 0 Å². The van der Waals surface area contributed by atoms with Crippen molar-refractivity contribution in [3.05, 3.63) is 29.8 Å². The van der Waals surface area contributed by atoms with Gasteiger partial charge in [-0.1, -0.05) is 12.1 Å². The van der Waals surface area contributed by atoms with Gasteiger partial charge in [-0.05, 0) is 31.5 Å². The summed E-state index contributed by atoms with van der Waals surface area (Å²) in [5.74, 6) is 0.551. The molecule has 0 bridgehead atoms. The minimum atomic E-state index is -0.117. The maximum absolute atomic E-state index is 11.2. The van der Waals surface area contributed by atoms with Crippen LogP contribution in [0.3, 0.4) is 0 Å². The highest BCUT2D eigenvalue weighted by Crippen LogP contribution is 2.17. The highest BCUT2D eigenvalue weighted by atomic mass is 16.5. The zero-order valence-electron chi connectivity index (χ0n) is 9.69. The van der Waals surface area contributed by atoms with Crippen LogP contribution in [-0.2, 0) is 4.79 Å². The topological polar surface area (TPSA) is 64.3 Å². The Hall–Kier alpha value is -1.55. The fraction of sp³-hybridized carbons (Fsp3) is 0.417. The Morgan fingerprint density at radius 2 is 2.31 bits per heavy atom. The number of ether oxygens (including phenoxy) is 1. The summed E-state index contributed by atoms with van der Waals surface area (Å²) in [6.45, 7) is 4.43. The Balaban J connectivity index is 2.54. The van der Waals surface area contributed by atoms with Crippen molar-refractivity contribution in [1.82, 2.24) is 5.32 Å². The normalized spacial score (nSPS) is 11.9. The molecule has 0 fully saturated rings. The number of carbonyl (C=O) groups is 1. The first-order valence-electron chi connectivity index (χ1n) is 5.38. The molecule has 88 valence electrons. The van der Waals surface area contributed by atoms with E-state index in [4.69, 9.17) is 10.5 Å². The van der Waals surface area contributed by atoms with Crippen molar-refractivity contribution in [3.8, 4) is 5.75 Å². The van der Waals surface area contributed by atoms with Crippen molar-refractivity contribution in [2.24, 2.45) is 5.73 Å². The number of nitrogens with one attached hydrogen (secondary N) is 1. The molecule has 1 rings (SSSR count). The molecule has 1 unspecified atom stereocenters. The fourth-order valence-electron chi connectivity index (χ4n) is 1.28. The van der Waals surface area contributed by atoms with Gasteiger partial charge in [0.1, 0.15) is 5.75 Å². The Morgan fingerprint density at radius 3 is 2.94 bits per heavy atom. The van der Waals surface area contributed by atoms with Gasteiger partial charge in [0.25, 0.3) is 5.91 Å². The lowest BCUT2D eigenvalue weighted by Gasteiger charge is -2.09. The van der Waals surface area contributed by atoms with Crippen LogP contribution in [0.5, 0.6) is 5.75 Å². The molecule has 0 radical (unpaired) electrons. The van der Waals surface area contributed by atoms with Crippen LogP contribution >= 0.6 is 0 Å². The van der Waals surface area contributed by atoms with Gasteiger partial charge in [-0.25, -0.2) is 0 Å². The highest BCUT2D eigenvalue weighted by molar-refractivity contribution is 5.77. The van der Waals surface area contributed by atoms with E-state index in [1.54, 1.807) is 0 Å². The predicted molar refractivity (Wildman–Crippen MR) is 63.2 cm³/mol. The Kier molecular flexibility index (Phi) is 4.79. The molecule has 0 aliphatic rings. The first kappa shape index (κ1) is 12.5. The number of benzene rings is 1. The number of carbonyl (C=O) groups excluding carboxylic acids is 1.